The molecule has 2 aromatic rings. The second kappa shape index (κ2) is 9.40. The second-order valence-corrected chi connectivity index (χ2v) is 8.92. The van der Waals surface area contributed by atoms with Gasteiger partial charge in [0, 0.05) is 75.6 Å². The van der Waals surface area contributed by atoms with Crippen LogP contribution in [-0.4, -0.2) is 59.2 Å². The predicted molar refractivity (Wildman–Crippen MR) is 127 cm³/mol. The summed E-state index contributed by atoms with van der Waals surface area (Å²) in [6.45, 7) is 6.71. The fourth-order valence-corrected chi connectivity index (χ4v) is 4.87. The second-order valence-electron chi connectivity index (χ2n) is 8.48. The van der Waals surface area contributed by atoms with Gasteiger partial charge in [-0.3, -0.25) is 18.7 Å². The van der Waals surface area contributed by atoms with E-state index in [4.69, 9.17) is 11.6 Å². The number of hydrogen-bond acceptors (Lipinski definition) is 5. The van der Waals surface area contributed by atoms with Crippen LogP contribution in [0.15, 0.2) is 39.9 Å². The number of benzene rings is 1. The highest BCUT2D eigenvalue weighted by Gasteiger charge is 2.31. The summed E-state index contributed by atoms with van der Waals surface area (Å²) in [5.41, 5.74) is 0.491. The lowest BCUT2D eigenvalue weighted by molar-refractivity contribution is -0.136. The van der Waals surface area contributed by atoms with Crippen LogP contribution >= 0.6 is 11.6 Å². The molecule has 2 aliphatic heterocycles. The number of carbonyl (C=O) groups is 1. The SMILES string of the molecule is CCn1c(N2CCC(C(=O)N3CCN(c4cccc(Cl)c4)CC3)CC2)cc(=O)n(C)c1=O. The van der Waals surface area contributed by atoms with E-state index < -0.39 is 0 Å². The van der Waals surface area contributed by atoms with Gasteiger partial charge in [0.15, 0.2) is 0 Å². The summed E-state index contributed by atoms with van der Waals surface area (Å²) in [5, 5.41) is 0.720. The van der Waals surface area contributed by atoms with Gasteiger partial charge in [0.2, 0.25) is 5.91 Å². The first-order valence-electron chi connectivity index (χ1n) is 11.2. The minimum atomic E-state index is -0.300. The first kappa shape index (κ1) is 22.5. The van der Waals surface area contributed by atoms with Gasteiger partial charge in [-0.05, 0) is 38.0 Å². The number of carbonyl (C=O) groups excluding carboxylic acids is 1. The molecule has 0 N–H and O–H groups in total. The van der Waals surface area contributed by atoms with Crippen LogP contribution in [-0.2, 0) is 18.4 Å². The van der Waals surface area contributed by atoms with E-state index in [1.54, 1.807) is 4.57 Å². The van der Waals surface area contributed by atoms with Crippen LogP contribution in [0, 0.1) is 5.92 Å². The van der Waals surface area contributed by atoms with E-state index in [9.17, 15) is 14.4 Å². The standard InChI is InChI=1S/C23H30ClN5O3/c1-3-29-20(16-21(30)25(2)23(29)32)27-9-7-17(8-10-27)22(31)28-13-11-26(12-14-28)19-6-4-5-18(24)15-19/h4-6,15-17H,3,7-14H2,1-2H3. The van der Waals surface area contributed by atoms with E-state index in [0.717, 1.165) is 41.2 Å². The van der Waals surface area contributed by atoms with Gasteiger partial charge in [-0.25, -0.2) is 4.79 Å². The number of piperazine rings is 1. The Bertz CT molecular complexity index is 1100. The minimum Gasteiger partial charge on any atom is -0.368 e. The lowest BCUT2D eigenvalue weighted by Crippen LogP contribution is -2.52. The number of halogens is 1. The molecule has 0 unspecified atom stereocenters. The molecule has 2 fully saturated rings. The molecule has 0 atom stereocenters. The Kier molecular flexibility index (Phi) is 6.60. The van der Waals surface area contributed by atoms with Gasteiger partial charge in [0.1, 0.15) is 5.82 Å². The highest BCUT2D eigenvalue weighted by atomic mass is 35.5. The molecular formula is C23H30ClN5O3. The molecule has 1 aromatic heterocycles. The highest BCUT2D eigenvalue weighted by molar-refractivity contribution is 6.30. The lowest BCUT2D eigenvalue weighted by atomic mass is 9.95. The quantitative estimate of drug-likeness (QED) is 0.697. The summed E-state index contributed by atoms with van der Waals surface area (Å²) in [6, 6.07) is 9.35. The van der Waals surface area contributed by atoms with Crippen LogP contribution in [0.4, 0.5) is 11.5 Å². The molecule has 1 aromatic carbocycles. The Hall–Kier alpha value is -2.74. The number of hydrogen-bond donors (Lipinski definition) is 0. The van der Waals surface area contributed by atoms with Gasteiger partial charge in [-0.2, -0.15) is 0 Å². The molecule has 0 bridgehead atoms. The molecule has 8 nitrogen and oxygen atoms in total. The van der Waals surface area contributed by atoms with Crippen molar-refractivity contribution in [3.05, 3.63) is 56.2 Å². The molecule has 0 spiro atoms. The highest BCUT2D eigenvalue weighted by Crippen LogP contribution is 2.25. The fraction of sp³-hybridized carbons (Fsp3) is 0.522. The third-order valence-electron chi connectivity index (χ3n) is 6.63. The normalized spacial score (nSPS) is 17.7. The van der Waals surface area contributed by atoms with Crippen LogP contribution in [0.25, 0.3) is 0 Å². The van der Waals surface area contributed by atoms with Crippen molar-refractivity contribution < 1.29 is 4.79 Å². The fourth-order valence-electron chi connectivity index (χ4n) is 4.69. The molecule has 0 radical (unpaired) electrons. The summed E-state index contributed by atoms with van der Waals surface area (Å²) in [6.07, 6.45) is 1.45. The van der Waals surface area contributed by atoms with Gasteiger partial charge in [0.05, 0.1) is 0 Å². The molecule has 2 aliphatic rings. The molecule has 0 aliphatic carbocycles. The van der Waals surface area contributed by atoms with Crippen LogP contribution in [0.2, 0.25) is 5.02 Å². The van der Waals surface area contributed by atoms with Gasteiger partial charge in [-0.1, -0.05) is 17.7 Å². The lowest BCUT2D eigenvalue weighted by Gasteiger charge is -2.40. The van der Waals surface area contributed by atoms with E-state index in [0.29, 0.717) is 38.5 Å². The maximum atomic E-state index is 13.1. The molecule has 9 heteroatoms. The Morgan fingerprint density at radius 3 is 2.31 bits per heavy atom. The van der Waals surface area contributed by atoms with Gasteiger partial charge >= 0.3 is 5.69 Å². The van der Waals surface area contributed by atoms with Crippen molar-refractivity contribution in [1.29, 1.82) is 0 Å². The summed E-state index contributed by atoms with van der Waals surface area (Å²) in [4.78, 5) is 44.0. The van der Waals surface area contributed by atoms with Crippen molar-refractivity contribution in [2.24, 2.45) is 13.0 Å². The molecule has 0 saturated carbocycles. The summed E-state index contributed by atoms with van der Waals surface area (Å²) >= 11 is 6.11. The van der Waals surface area contributed by atoms with Gasteiger partial charge < -0.3 is 14.7 Å². The molecule has 32 heavy (non-hydrogen) atoms. The number of amides is 1. The zero-order valence-electron chi connectivity index (χ0n) is 18.7. The van der Waals surface area contributed by atoms with E-state index in [2.05, 4.69) is 9.80 Å². The maximum Gasteiger partial charge on any atom is 0.332 e. The van der Waals surface area contributed by atoms with E-state index >= 15 is 0 Å². The number of anilines is 2. The van der Waals surface area contributed by atoms with Crippen LogP contribution in [0.3, 0.4) is 0 Å². The summed E-state index contributed by atoms with van der Waals surface area (Å²) in [5.74, 6) is 0.853. The number of aromatic nitrogens is 2. The van der Waals surface area contributed by atoms with Crippen molar-refractivity contribution in [3.63, 3.8) is 0 Å². The molecule has 1 amide bonds. The molecule has 2 saturated heterocycles. The van der Waals surface area contributed by atoms with E-state index in [1.165, 1.54) is 13.1 Å². The monoisotopic (exact) mass is 459 g/mol. The Morgan fingerprint density at radius 1 is 1.00 bits per heavy atom. The van der Waals surface area contributed by atoms with Crippen LogP contribution in [0.5, 0.6) is 0 Å². The first-order valence-corrected chi connectivity index (χ1v) is 11.6. The van der Waals surface area contributed by atoms with Crippen molar-refractivity contribution >= 4 is 29.0 Å². The predicted octanol–water partition coefficient (Wildman–Crippen LogP) is 1.79. The maximum absolute atomic E-state index is 13.1. The molecule has 3 heterocycles. The largest absolute Gasteiger partial charge is 0.368 e. The van der Waals surface area contributed by atoms with E-state index in [-0.39, 0.29) is 23.1 Å². The summed E-state index contributed by atoms with van der Waals surface area (Å²) < 4.78 is 2.75. The van der Waals surface area contributed by atoms with Gasteiger partial charge in [-0.15, -0.1) is 0 Å². The zero-order valence-corrected chi connectivity index (χ0v) is 19.4. The average Bonchev–Trinajstić information content (AvgIpc) is 2.82. The number of nitrogens with zero attached hydrogens (tertiary/aromatic N) is 5. The van der Waals surface area contributed by atoms with Crippen molar-refractivity contribution in [3.8, 4) is 0 Å². The Balaban J connectivity index is 1.36. The average molecular weight is 460 g/mol. The third-order valence-corrected chi connectivity index (χ3v) is 6.86. The smallest absolute Gasteiger partial charge is 0.332 e. The molecule has 172 valence electrons. The first-order chi connectivity index (χ1) is 15.4. The third kappa shape index (κ3) is 4.41. The topological polar surface area (TPSA) is 70.8 Å². The Labute approximate surface area is 192 Å². The number of rotatable bonds is 4. The Morgan fingerprint density at radius 2 is 1.69 bits per heavy atom. The zero-order chi connectivity index (χ0) is 22.8. The van der Waals surface area contributed by atoms with E-state index in [1.807, 2.05) is 36.1 Å². The van der Waals surface area contributed by atoms with Crippen molar-refractivity contribution in [2.45, 2.75) is 26.3 Å². The summed E-state index contributed by atoms with van der Waals surface area (Å²) in [7, 11) is 1.50. The number of piperidine rings is 1. The van der Waals surface area contributed by atoms with Crippen LogP contribution in [0.1, 0.15) is 19.8 Å². The van der Waals surface area contributed by atoms with Crippen molar-refractivity contribution in [2.75, 3.05) is 49.1 Å². The van der Waals surface area contributed by atoms with Crippen molar-refractivity contribution in [1.82, 2.24) is 14.0 Å². The molecular weight excluding hydrogens is 430 g/mol. The molecule has 4 rings (SSSR count). The van der Waals surface area contributed by atoms with Gasteiger partial charge in [0.25, 0.3) is 5.56 Å². The van der Waals surface area contributed by atoms with Crippen LogP contribution < -0.4 is 21.0 Å². The minimum absolute atomic E-state index is 0.0164.